The first-order valence-electron chi connectivity index (χ1n) is 6.53. The highest BCUT2D eigenvalue weighted by Crippen LogP contribution is 2.07. The second-order valence-corrected chi connectivity index (χ2v) is 4.63. The molecule has 6 heteroatoms. The molecule has 20 heavy (non-hydrogen) atoms. The zero-order valence-corrected chi connectivity index (χ0v) is 12.0. The Balaban J connectivity index is 2.17. The molecule has 0 aliphatic carbocycles. The molecular weight excluding hydrogens is 258 g/mol. The van der Waals surface area contributed by atoms with Gasteiger partial charge in [0.25, 0.3) is 0 Å². The Morgan fingerprint density at radius 3 is 2.30 bits per heavy atom. The van der Waals surface area contributed by atoms with Gasteiger partial charge < -0.3 is 20.7 Å². The third-order valence-electron chi connectivity index (χ3n) is 2.33. The maximum absolute atomic E-state index is 11.6. The summed E-state index contributed by atoms with van der Waals surface area (Å²) in [6, 6.07) is 7.17. The molecule has 0 heterocycles. The van der Waals surface area contributed by atoms with E-state index in [4.69, 9.17) is 4.74 Å². The predicted octanol–water partition coefficient (Wildman–Crippen LogP) is 2.25. The zero-order valence-electron chi connectivity index (χ0n) is 12.0. The van der Waals surface area contributed by atoms with Crippen LogP contribution in [-0.4, -0.2) is 31.3 Å². The lowest BCUT2D eigenvalue weighted by atomic mass is 10.2. The van der Waals surface area contributed by atoms with Gasteiger partial charge in [-0.05, 0) is 32.9 Å². The lowest BCUT2D eigenvalue weighted by molar-refractivity contribution is 0.116. The molecule has 0 saturated carbocycles. The van der Waals surface area contributed by atoms with Crippen molar-refractivity contribution < 1.29 is 14.3 Å². The Morgan fingerprint density at radius 2 is 1.70 bits per heavy atom. The fourth-order valence-electron chi connectivity index (χ4n) is 1.41. The molecule has 1 aromatic rings. The van der Waals surface area contributed by atoms with E-state index in [2.05, 4.69) is 16.0 Å². The van der Waals surface area contributed by atoms with Gasteiger partial charge in [0, 0.05) is 18.8 Å². The summed E-state index contributed by atoms with van der Waals surface area (Å²) in [4.78, 5) is 22.7. The van der Waals surface area contributed by atoms with E-state index in [1.807, 2.05) is 31.2 Å². The number of benzene rings is 1. The first-order valence-corrected chi connectivity index (χ1v) is 6.53. The van der Waals surface area contributed by atoms with Crippen LogP contribution in [0.4, 0.5) is 15.3 Å². The number of nitrogens with one attached hydrogen (secondary N) is 3. The minimum Gasteiger partial charge on any atom is -0.447 e. The van der Waals surface area contributed by atoms with E-state index in [0.717, 1.165) is 11.3 Å². The monoisotopic (exact) mass is 279 g/mol. The average Bonchev–Trinajstić information content (AvgIpc) is 2.37. The highest BCUT2D eigenvalue weighted by molar-refractivity contribution is 5.89. The largest absolute Gasteiger partial charge is 0.447 e. The van der Waals surface area contributed by atoms with Crippen LogP contribution in [0.2, 0.25) is 0 Å². The van der Waals surface area contributed by atoms with Gasteiger partial charge in [-0.1, -0.05) is 17.7 Å². The second-order valence-electron chi connectivity index (χ2n) is 4.63. The fraction of sp³-hybridized carbons (Fsp3) is 0.429. The van der Waals surface area contributed by atoms with Crippen LogP contribution < -0.4 is 16.0 Å². The number of ether oxygens (including phenoxy) is 1. The number of carbonyl (C=O) groups is 2. The average molecular weight is 279 g/mol. The van der Waals surface area contributed by atoms with Gasteiger partial charge in [-0.2, -0.15) is 0 Å². The Kier molecular flexibility index (Phi) is 6.36. The molecule has 0 fully saturated rings. The molecule has 6 nitrogen and oxygen atoms in total. The highest BCUT2D eigenvalue weighted by Gasteiger charge is 2.04. The van der Waals surface area contributed by atoms with Gasteiger partial charge in [-0.25, -0.2) is 9.59 Å². The molecule has 0 aromatic heterocycles. The number of amides is 3. The molecule has 0 atom stereocenters. The van der Waals surface area contributed by atoms with Crippen LogP contribution in [-0.2, 0) is 4.74 Å². The van der Waals surface area contributed by atoms with Gasteiger partial charge in [0.1, 0.15) is 0 Å². The van der Waals surface area contributed by atoms with E-state index in [1.54, 1.807) is 13.8 Å². The van der Waals surface area contributed by atoms with E-state index in [1.165, 1.54) is 0 Å². The normalized spacial score (nSPS) is 10.0. The zero-order chi connectivity index (χ0) is 15.0. The Labute approximate surface area is 118 Å². The van der Waals surface area contributed by atoms with Crippen LogP contribution in [0.15, 0.2) is 24.3 Å². The van der Waals surface area contributed by atoms with E-state index in [0.29, 0.717) is 13.1 Å². The van der Waals surface area contributed by atoms with Crippen LogP contribution in [0.1, 0.15) is 19.4 Å². The van der Waals surface area contributed by atoms with Gasteiger partial charge in [-0.3, -0.25) is 0 Å². The smallest absolute Gasteiger partial charge is 0.407 e. The second kappa shape index (κ2) is 8.04. The van der Waals surface area contributed by atoms with Crippen LogP contribution in [0, 0.1) is 6.92 Å². The highest BCUT2D eigenvalue weighted by atomic mass is 16.6. The van der Waals surface area contributed by atoms with Gasteiger partial charge in [0.05, 0.1) is 6.10 Å². The first kappa shape index (κ1) is 15.8. The minimum absolute atomic E-state index is 0.159. The molecule has 0 aliphatic rings. The number of urea groups is 1. The Hall–Kier alpha value is -2.24. The molecule has 0 spiro atoms. The molecule has 1 aromatic carbocycles. The molecule has 0 bridgehead atoms. The number of aryl methyl sites for hydroxylation is 1. The SMILES string of the molecule is Cc1ccc(NC(=O)NCCNC(=O)OC(C)C)cc1. The van der Waals surface area contributed by atoms with Crippen molar-refractivity contribution in [2.24, 2.45) is 0 Å². The lowest BCUT2D eigenvalue weighted by Gasteiger charge is -2.10. The van der Waals surface area contributed by atoms with Gasteiger partial charge in [0.15, 0.2) is 0 Å². The summed E-state index contributed by atoms with van der Waals surface area (Å²) in [5.41, 5.74) is 1.85. The first-order chi connectivity index (χ1) is 9.47. The van der Waals surface area contributed by atoms with Crippen molar-refractivity contribution in [3.8, 4) is 0 Å². The summed E-state index contributed by atoms with van der Waals surface area (Å²) >= 11 is 0. The maximum Gasteiger partial charge on any atom is 0.407 e. The number of carbonyl (C=O) groups excluding carboxylic acids is 2. The standard InChI is InChI=1S/C14H21N3O3/c1-10(2)20-14(19)16-9-8-15-13(18)17-12-6-4-11(3)5-7-12/h4-7,10H,8-9H2,1-3H3,(H,16,19)(H2,15,17,18). The van der Waals surface area contributed by atoms with Crippen molar-refractivity contribution in [2.75, 3.05) is 18.4 Å². The summed E-state index contributed by atoms with van der Waals surface area (Å²) in [5.74, 6) is 0. The quantitative estimate of drug-likeness (QED) is 0.723. The van der Waals surface area contributed by atoms with Crippen molar-refractivity contribution in [1.29, 1.82) is 0 Å². The summed E-state index contributed by atoms with van der Waals surface area (Å²) in [6.07, 6.45) is -0.645. The third-order valence-corrected chi connectivity index (χ3v) is 2.33. The van der Waals surface area contributed by atoms with E-state index in [-0.39, 0.29) is 12.1 Å². The lowest BCUT2D eigenvalue weighted by Crippen LogP contribution is -2.37. The van der Waals surface area contributed by atoms with Gasteiger partial charge in [0.2, 0.25) is 0 Å². The van der Waals surface area contributed by atoms with Gasteiger partial charge in [-0.15, -0.1) is 0 Å². The van der Waals surface area contributed by atoms with Crippen molar-refractivity contribution in [2.45, 2.75) is 26.9 Å². The molecule has 0 aliphatic heterocycles. The van der Waals surface area contributed by atoms with Crippen LogP contribution in [0.3, 0.4) is 0 Å². The van der Waals surface area contributed by atoms with Crippen LogP contribution in [0.5, 0.6) is 0 Å². The molecule has 110 valence electrons. The minimum atomic E-state index is -0.485. The number of hydrogen-bond donors (Lipinski definition) is 3. The van der Waals surface area contributed by atoms with Crippen LogP contribution >= 0.6 is 0 Å². The fourth-order valence-corrected chi connectivity index (χ4v) is 1.41. The molecule has 0 unspecified atom stereocenters. The Morgan fingerprint density at radius 1 is 1.10 bits per heavy atom. The van der Waals surface area contributed by atoms with Gasteiger partial charge >= 0.3 is 12.1 Å². The number of rotatable bonds is 5. The van der Waals surface area contributed by atoms with Crippen molar-refractivity contribution in [1.82, 2.24) is 10.6 Å². The molecule has 3 N–H and O–H groups in total. The molecular formula is C14H21N3O3. The maximum atomic E-state index is 11.6. The number of alkyl carbamates (subject to hydrolysis) is 1. The third kappa shape index (κ3) is 6.63. The predicted molar refractivity (Wildman–Crippen MR) is 77.8 cm³/mol. The molecule has 3 amide bonds. The summed E-state index contributed by atoms with van der Waals surface area (Å²) < 4.78 is 4.89. The summed E-state index contributed by atoms with van der Waals surface area (Å²) in [6.45, 7) is 6.16. The topological polar surface area (TPSA) is 79.5 Å². The van der Waals surface area contributed by atoms with Crippen LogP contribution in [0.25, 0.3) is 0 Å². The Bertz CT molecular complexity index is 443. The van der Waals surface area contributed by atoms with Crippen molar-refractivity contribution in [3.05, 3.63) is 29.8 Å². The van der Waals surface area contributed by atoms with E-state index in [9.17, 15) is 9.59 Å². The van der Waals surface area contributed by atoms with E-state index >= 15 is 0 Å². The summed E-state index contributed by atoms with van der Waals surface area (Å²) in [5, 5.41) is 7.87. The molecule has 1 rings (SSSR count). The number of hydrogen-bond acceptors (Lipinski definition) is 3. The molecule has 0 radical (unpaired) electrons. The molecule has 0 saturated heterocycles. The summed E-state index contributed by atoms with van der Waals surface area (Å²) in [7, 11) is 0. The number of anilines is 1. The van der Waals surface area contributed by atoms with E-state index < -0.39 is 6.09 Å². The van der Waals surface area contributed by atoms with Crippen molar-refractivity contribution in [3.63, 3.8) is 0 Å². The van der Waals surface area contributed by atoms with Crippen molar-refractivity contribution >= 4 is 17.8 Å².